The first-order valence-corrected chi connectivity index (χ1v) is 26.2. The number of aromatic nitrogens is 3. The SMILES string of the molecule is COc1cc(S(=O)(=O)N2CCC(OC3CCC(Oc4cccc(Cn5cc(-c6c(C)noc6C)ccc5=O)c4)CC3)CC2)ccc1NCC#Cc1cc2c(N[C@@H]3CCN(C)C[C@@H]3F)cccc2n1CC(F)(F)F. The number of halogens is 4. The van der Waals surface area contributed by atoms with E-state index >= 15 is 0 Å². The Hall–Kier alpha value is -6.33. The first kappa shape index (κ1) is 51.6. The number of benzene rings is 3. The van der Waals surface area contributed by atoms with E-state index in [0.29, 0.717) is 73.5 Å². The highest BCUT2D eigenvalue weighted by molar-refractivity contribution is 7.89. The van der Waals surface area contributed by atoms with E-state index in [-0.39, 0.29) is 53.3 Å². The Morgan fingerprint density at radius 1 is 0.877 bits per heavy atom. The fourth-order valence-corrected chi connectivity index (χ4v) is 11.7. The van der Waals surface area contributed by atoms with Crippen LogP contribution in [-0.4, -0.2) is 115 Å². The quantitative estimate of drug-likeness (QED) is 0.0751. The number of likely N-dealkylation sites (tertiary alicyclic amines) is 1. The van der Waals surface area contributed by atoms with E-state index in [0.717, 1.165) is 58.4 Å². The molecule has 2 atom stereocenters. The van der Waals surface area contributed by atoms with Gasteiger partial charge in [0.2, 0.25) is 10.0 Å². The van der Waals surface area contributed by atoms with Crippen LogP contribution in [-0.2, 0) is 27.8 Å². The number of ether oxygens (including phenoxy) is 3. The molecular formula is C54H61F4N7O7S. The molecule has 0 bridgehead atoms. The molecule has 6 aromatic rings. The number of pyridine rings is 1. The number of methoxy groups -OCH3 is 1. The van der Waals surface area contributed by atoms with Gasteiger partial charge in [0.05, 0.1) is 72.0 Å². The van der Waals surface area contributed by atoms with E-state index < -0.39 is 35.0 Å². The summed E-state index contributed by atoms with van der Waals surface area (Å²) in [5.74, 6) is 7.50. The lowest BCUT2D eigenvalue weighted by molar-refractivity contribution is -0.140. The van der Waals surface area contributed by atoms with Gasteiger partial charge in [-0.25, -0.2) is 12.8 Å². The number of rotatable bonds is 15. The molecule has 19 heteroatoms. The molecule has 1 saturated carbocycles. The van der Waals surface area contributed by atoms with E-state index in [9.17, 15) is 30.8 Å². The third kappa shape index (κ3) is 12.2. The van der Waals surface area contributed by atoms with Crippen molar-refractivity contribution in [1.82, 2.24) is 23.5 Å². The zero-order valence-corrected chi connectivity index (χ0v) is 42.2. The van der Waals surface area contributed by atoms with Crippen LogP contribution >= 0.6 is 0 Å². The topological polar surface area (TPSA) is 145 Å². The molecule has 2 aliphatic heterocycles. The summed E-state index contributed by atoms with van der Waals surface area (Å²) in [5, 5.41) is 10.9. The van der Waals surface area contributed by atoms with E-state index in [1.165, 1.54) is 23.5 Å². The molecule has 0 unspecified atom stereocenters. The maximum Gasteiger partial charge on any atom is 0.406 e. The fraction of sp³-hybridized carbons (Fsp3) is 0.444. The molecule has 3 aliphatic rings. The fourth-order valence-electron chi connectivity index (χ4n) is 10.3. The molecule has 3 aromatic carbocycles. The van der Waals surface area contributed by atoms with Gasteiger partial charge in [-0.15, -0.1) is 0 Å². The molecule has 73 heavy (non-hydrogen) atoms. The minimum absolute atomic E-state index is 0.0172. The number of piperidine rings is 2. The normalized spacial score (nSPS) is 20.4. The molecule has 14 nitrogen and oxygen atoms in total. The molecule has 388 valence electrons. The molecule has 3 aromatic heterocycles. The van der Waals surface area contributed by atoms with Crippen LogP contribution in [0.3, 0.4) is 0 Å². The van der Waals surface area contributed by atoms with Gasteiger partial charge in [0.15, 0.2) is 0 Å². The second-order valence-corrected chi connectivity index (χ2v) is 21.2. The van der Waals surface area contributed by atoms with Gasteiger partial charge in [-0.3, -0.25) is 4.79 Å². The number of hydrogen-bond donors (Lipinski definition) is 2. The Morgan fingerprint density at radius 3 is 2.36 bits per heavy atom. The highest BCUT2D eigenvalue weighted by atomic mass is 32.2. The van der Waals surface area contributed by atoms with Crippen LogP contribution in [0.1, 0.15) is 67.7 Å². The van der Waals surface area contributed by atoms with Crippen molar-refractivity contribution in [3.05, 3.63) is 118 Å². The smallest absolute Gasteiger partial charge is 0.406 e. The van der Waals surface area contributed by atoms with Crippen molar-refractivity contribution in [2.75, 3.05) is 57.5 Å². The molecule has 9 rings (SSSR count). The van der Waals surface area contributed by atoms with Crippen LogP contribution in [0.2, 0.25) is 0 Å². The third-order valence-electron chi connectivity index (χ3n) is 14.0. The van der Waals surface area contributed by atoms with Crippen molar-refractivity contribution in [3.63, 3.8) is 0 Å². The van der Waals surface area contributed by atoms with E-state index in [2.05, 4.69) is 27.6 Å². The van der Waals surface area contributed by atoms with Crippen LogP contribution in [0.25, 0.3) is 22.0 Å². The number of fused-ring (bicyclic) bond motifs is 1. The molecule has 5 heterocycles. The Morgan fingerprint density at radius 2 is 1.63 bits per heavy atom. The number of nitrogens with one attached hydrogen (secondary N) is 2. The maximum absolute atomic E-state index is 14.9. The molecule has 1 aliphatic carbocycles. The molecular weight excluding hydrogens is 967 g/mol. The van der Waals surface area contributed by atoms with Crippen molar-refractivity contribution < 1.29 is 44.7 Å². The molecule has 2 saturated heterocycles. The average molecular weight is 1030 g/mol. The van der Waals surface area contributed by atoms with Crippen LogP contribution < -0.4 is 25.7 Å². The summed E-state index contributed by atoms with van der Waals surface area (Å²) in [7, 11) is -0.596. The van der Waals surface area contributed by atoms with Crippen LogP contribution in [0.15, 0.2) is 99.3 Å². The highest BCUT2D eigenvalue weighted by Gasteiger charge is 2.34. The van der Waals surface area contributed by atoms with Crippen LogP contribution in [0.5, 0.6) is 11.5 Å². The van der Waals surface area contributed by atoms with Gasteiger partial charge in [0.1, 0.15) is 30.0 Å². The van der Waals surface area contributed by atoms with Crippen molar-refractivity contribution in [2.45, 2.75) is 113 Å². The van der Waals surface area contributed by atoms with Gasteiger partial charge in [-0.05, 0) is 126 Å². The Labute approximate surface area is 422 Å². The van der Waals surface area contributed by atoms with Gasteiger partial charge in [-0.1, -0.05) is 29.3 Å². The molecule has 0 radical (unpaired) electrons. The summed E-state index contributed by atoms with van der Waals surface area (Å²) < 4.78 is 112. The van der Waals surface area contributed by atoms with Crippen molar-refractivity contribution in [3.8, 4) is 34.5 Å². The molecule has 2 N–H and O–H groups in total. The summed E-state index contributed by atoms with van der Waals surface area (Å²) in [5.41, 5.74) is 4.82. The van der Waals surface area contributed by atoms with Crippen LogP contribution in [0, 0.1) is 25.7 Å². The van der Waals surface area contributed by atoms with Gasteiger partial charge < -0.3 is 43.4 Å². The number of anilines is 2. The lowest BCUT2D eigenvalue weighted by Gasteiger charge is -2.35. The van der Waals surface area contributed by atoms with Crippen molar-refractivity contribution in [2.24, 2.45) is 0 Å². The summed E-state index contributed by atoms with van der Waals surface area (Å²) in [6.45, 7) is 4.44. The summed E-state index contributed by atoms with van der Waals surface area (Å²) in [6.07, 6.45) is 1.10. The van der Waals surface area contributed by atoms with Crippen molar-refractivity contribution >= 4 is 32.3 Å². The summed E-state index contributed by atoms with van der Waals surface area (Å²) >= 11 is 0. The standard InChI is InChI=1S/C54H61F4N7O7S/c1-35-53(36(2)72-61-35)38-13-20-52(66)63(32-38)31-37-8-5-10-43(28-37)71-41-16-14-40(15-17-41)70-42-21-26-64(27-22-42)73(67,68)44-18-19-49(51(30-44)69-4)59-24-7-9-39-29-45-47(60-48-23-25-62(3)33-46(48)55)11-6-12-50(45)65(39)34-54(56,57)58/h5-6,8,10-13,18-20,28-30,32,40-42,46,48,59-60H,14-17,21-27,31,33-34H2,1-4H3/t40?,41?,46-,48+/m0/s1. The number of sulfonamides is 1. The molecule has 0 spiro atoms. The number of hydrogen-bond acceptors (Lipinski definition) is 11. The zero-order chi connectivity index (χ0) is 51.4. The third-order valence-corrected chi connectivity index (χ3v) is 15.9. The first-order valence-electron chi connectivity index (χ1n) is 24.7. The minimum atomic E-state index is -4.52. The second-order valence-electron chi connectivity index (χ2n) is 19.3. The maximum atomic E-state index is 14.9. The van der Waals surface area contributed by atoms with Gasteiger partial charge >= 0.3 is 6.18 Å². The Kier molecular flexibility index (Phi) is 15.6. The largest absolute Gasteiger partial charge is 0.495 e. The van der Waals surface area contributed by atoms with Gasteiger partial charge in [0, 0.05) is 66.7 Å². The zero-order valence-electron chi connectivity index (χ0n) is 41.4. The van der Waals surface area contributed by atoms with Gasteiger partial charge in [0.25, 0.3) is 5.56 Å². The Balaban J connectivity index is 0.754. The van der Waals surface area contributed by atoms with Crippen LogP contribution in [0.4, 0.5) is 28.9 Å². The lowest BCUT2D eigenvalue weighted by atomic mass is 9.94. The highest BCUT2D eigenvalue weighted by Crippen LogP contribution is 2.35. The monoisotopic (exact) mass is 1030 g/mol. The summed E-state index contributed by atoms with van der Waals surface area (Å²) in [4.78, 5) is 14.8. The number of alkyl halides is 4. The number of nitrogens with zero attached hydrogens (tertiary/aromatic N) is 5. The summed E-state index contributed by atoms with van der Waals surface area (Å²) in [6, 6.07) is 21.8. The first-order chi connectivity index (χ1) is 35.0. The predicted octanol–water partition coefficient (Wildman–Crippen LogP) is 9.17. The molecule has 3 fully saturated rings. The second kappa shape index (κ2) is 22.0. The molecule has 0 amide bonds. The minimum Gasteiger partial charge on any atom is -0.495 e. The van der Waals surface area contributed by atoms with E-state index in [4.69, 9.17) is 18.7 Å². The van der Waals surface area contributed by atoms with Gasteiger partial charge in [-0.2, -0.15) is 17.5 Å². The average Bonchev–Trinajstić information content (AvgIpc) is 3.89. The Bertz CT molecular complexity index is 3130. The van der Waals surface area contributed by atoms with E-state index in [1.54, 1.807) is 47.0 Å². The van der Waals surface area contributed by atoms with E-state index in [1.807, 2.05) is 56.3 Å². The predicted molar refractivity (Wildman–Crippen MR) is 272 cm³/mol. The number of aryl methyl sites for hydroxylation is 2. The lowest BCUT2D eigenvalue weighted by Crippen LogP contribution is -2.46. The van der Waals surface area contributed by atoms with Crippen molar-refractivity contribution in [1.29, 1.82) is 0 Å².